The van der Waals surface area contributed by atoms with Gasteiger partial charge < -0.3 is 10.1 Å². The molecule has 26 heavy (non-hydrogen) atoms. The maximum absolute atomic E-state index is 12.8. The van der Waals surface area contributed by atoms with Gasteiger partial charge >= 0.3 is 12.1 Å². The highest BCUT2D eigenvalue weighted by atomic mass is 32.2. The van der Waals surface area contributed by atoms with Crippen molar-refractivity contribution in [2.45, 2.75) is 11.1 Å². The summed E-state index contributed by atoms with van der Waals surface area (Å²) in [6.45, 7) is 0.280. The van der Waals surface area contributed by atoms with Crippen LogP contribution in [0.3, 0.4) is 0 Å². The second kappa shape index (κ2) is 6.52. The summed E-state index contributed by atoms with van der Waals surface area (Å²) in [4.78, 5) is 10.8. The molecule has 10 heteroatoms. The summed E-state index contributed by atoms with van der Waals surface area (Å²) in [5, 5.41) is 1.66. The van der Waals surface area contributed by atoms with Crippen molar-refractivity contribution in [2.24, 2.45) is 0 Å². The third kappa shape index (κ3) is 3.45. The molecule has 0 saturated carbocycles. The first-order valence-corrected chi connectivity index (χ1v) is 8.86. The van der Waals surface area contributed by atoms with Crippen LogP contribution in [0.15, 0.2) is 53.4 Å². The lowest BCUT2D eigenvalue weighted by Crippen LogP contribution is -2.37. The zero-order chi connectivity index (χ0) is 18.9. The van der Waals surface area contributed by atoms with Crippen molar-refractivity contribution < 1.29 is 31.1 Å². The molecule has 138 valence electrons. The minimum atomic E-state index is -5.03. The van der Waals surface area contributed by atoms with E-state index >= 15 is 0 Å². The Labute approximate surface area is 147 Å². The van der Waals surface area contributed by atoms with Gasteiger partial charge in [-0.2, -0.15) is 13.2 Å². The summed E-state index contributed by atoms with van der Waals surface area (Å²) in [5.74, 6) is -1.70. The van der Waals surface area contributed by atoms with Crippen LogP contribution in [0.2, 0.25) is 0 Å². The molecule has 0 radical (unpaired) electrons. The predicted octanol–water partition coefficient (Wildman–Crippen LogP) is 2.78. The highest BCUT2D eigenvalue weighted by Crippen LogP contribution is 2.35. The van der Waals surface area contributed by atoms with Gasteiger partial charge in [0, 0.05) is 5.69 Å². The number of para-hydroxylation sites is 2. The molecule has 1 amide bonds. The molecule has 0 bridgehead atoms. The van der Waals surface area contributed by atoms with Crippen molar-refractivity contribution in [3.63, 3.8) is 0 Å². The average molecular weight is 386 g/mol. The van der Waals surface area contributed by atoms with E-state index in [1.165, 1.54) is 4.31 Å². The van der Waals surface area contributed by atoms with Crippen LogP contribution in [0.25, 0.3) is 0 Å². The third-order valence-electron chi connectivity index (χ3n) is 3.64. The Morgan fingerprint density at radius 2 is 1.73 bits per heavy atom. The average Bonchev–Trinajstić information content (AvgIpc) is 2.61. The summed E-state index contributed by atoms with van der Waals surface area (Å²) in [6.07, 6.45) is -5.03. The molecule has 1 heterocycles. The van der Waals surface area contributed by atoms with E-state index in [-0.39, 0.29) is 23.7 Å². The van der Waals surface area contributed by atoms with E-state index in [4.69, 9.17) is 4.74 Å². The van der Waals surface area contributed by atoms with E-state index < -0.39 is 22.1 Å². The van der Waals surface area contributed by atoms with Crippen LogP contribution >= 0.6 is 0 Å². The number of rotatable bonds is 3. The van der Waals surface area contributed by atoms with Gasteiger partial charge in [-0.3, -0.25) is 9.10 Å². The van der Waals surface area contributed by atoms with Crippen LogP contribution in [-0.2, 0) is 14.8 Å². The number of carbonyl (C=O) groups excluding carboxylic acids is 1. The fourth-order valence-electron chi connectivity index (χ4n) is 2.43. The largest absolute Gasteiger partial charge is 0.489 e. The number of hydrogen-bond donors (Lipinski definition) is 1. The Bertz CT molecular complexity index is 927. The van der Waals surface area contributed by atoms with Crippen molar-refractivity contribution in [1.29, 1.82) is 0 Å². The van der Waals surface area contributed by atoms with Gasteiger partial charge in [0.05, 0.1) is 17.1 Å². The highest BCUT2D eigenvalue weighted by Gasteiger charge is 2.38. The van der Waals surface area contributed by atoms with E-state index in [9.17, 15) is 26.4 Å². The van der Waals surface area contributed by atoms with Crippen molar-refractivity contribution in [1.82, 2.24) is 0 Å². The van der Waals surface area contributed by atoms with Crippen LogP contribution in [0.1, 0.15) is 0 Å². The number of nitrogens with one attached hydrogen (secondary N) is 1. The maximum Gasteiger partial charge on any atom is 0.471 e. The Kier molecular flexibility index (Phi) is 4.53. The van der Waals surface area contributed by atoms with Crippen molar-refractivity contribution in [2.75, 3.05) is 22.8 Å². The summed E-state index contributed by atoms with van der Waals surface area (Å²) in [7, 11) is -3.93. The molecule has 2 aromatic rings. The Balaban J connectivity index is 1.86. The molecule has 6 nitrogen and oxygen atoms in total. The van der Waals surface area contributed by atoms with Gasteiger partial charge in [0.25, 0.3) is 10.0 Å². The van der Waals surface area contributed by atoms with Crippen LogP contribution in [0, 0.1) is 0 Å². The Hall–Kier alpha value is -2.75. The molecular formula is C16H13F3N2O4S. The monoisotopic (exact) mass is 386 g/mol. The first kappa shape index (κ1) is 18.1. The fourth-order valence-corrected chi connectivity index (χ4v) is 3.89. The summed E-state index contributed by atoms with van der Waals surface area (Å²) in [5.41, 5.74) is 0.224. The topological polar surface area (TPSA) is 75.7 Å². The molecule has 2 aromatic carbocycles. The van der Waals surface area contributed by atoms with Gasteiger partial charge in [-0.25, -0.2) is 8.42 Å². The number of benzene rings is 2. The quantitative estimate of drug-likeness (QED) is 0.880. The minimum absolute atomic E-state index is 0.103. The molecule has 0 aromatic heterocycles. The molecule has 0 aliphatic carbocycles. The molecule has 0 unspecified atom stereocenters. The summed E-state index contributed by atoms with van der Waals surface area (Å²) >= 11 is 0. The highest BCUT2D eigenvalue weighted by molar-refractivity contribution is 7.92. The zero-order valence-electron chi connectivity index (χ0n) is 13.2. The standard InChI is InChI=1S/C16H13F3N2O4S/c17-16(18,19)15(22)20-11-5-7-12(8-6-11)26(23,24)21-9-10-25-14-4-2-1-3-13(14)21/h1-8H,9-10H2,(H,20,22). The number of amides is 1. The molecule has 1 aliphatic rings. The molecule has 0 fully saturated rings. The smallest absolute Gasteiger partial charge is 0.471 e. The molecule has 0 saturated heterocycles. The van der Waals surface area contributed by atoms with Crippen LogP contribution in [0.5, 0.6) is 5.75 Å². The zero-order valence-corrected chi connectivity index (χ0v) is 14.0. The lowest BCUT2D eigenvalue weighted by atomic mass is 10.2. The number of hydrogen-bond acceptors (Lipinski definition) is 4. The number of carbonyl (C=O) groups is 1. The number of ether oxygens (including phenoxy) is 1. The minimum Gasteiger partial charge on any atom is -0.489 e. The number of nitrogens with zero attached hydrogens (tertiary/aromatic N) is 1. The summed E-state index contributed by atoms with van der Waals surface area (Å²) < 4.78 is 69.1. The second-order valence-electron chi connectivity index (χ2n) is 5.37. The number of anilines is 2. The lowest BCUT2D eigenvalue weighted by Gasteiger charge is -2.30. The molecule has 1 aliphatic heterocycles. The third-order valence-corrected chi connectivity index (χ3v) is 5.47. The second-order valence-corrected chi connectivity index (χ2v) is 7.23. The Morgan fingerprint density at radius 1 is 1.08 bits per heavy atom. The van der Waals surface area contributed by atoms with Crippen molar-refractivity contribution in [3.8, 4) is 5.75 Å². The van der Waals surface area contributed by atoms with E-state index in [0.717, 1.165) is 24.3 Å². The van der Waals surface area contributed by atoms with Crippen molar-refractivity contribution in [3.05, 3.63) is 48.5 Å². The van der Waals surface area contributed by atoms with Gasteiger partial charge in [0.2, 0.25) is 0 Å². The van der Waals surface area contributed by atoms with E-state index in [1.807, 2.05) is 0 Å². The number of alkyl halides is 3. The number of halogens is 3. The Morgan fingerprint density at radius 3 is 2.38 bits per heavy atom. The molecule has 0 atom stereocenters. The summed E-state index contributed by atoms with van der Waals surface area (Å²) in [6, 6.07) is 11.1. The first-order valence-electron chi connectivity index (χ1n) is 7.42. The number of fused-ring (bicyclic) bond motifs is 1. The van der Waals surface area contributed by atoms with Crippen LogP contribution in [-0.4, -0.2) is 33.7 Å². The normalized spacial score (nSPS) is 14.3. The molecule has 0 spiro atoms. The molecular weight excluding hydrogens is 373 g/mol. The molecule has 3 rings (SSSR count). The van der Waals surface area contributed by atoms with Crippen LogP contribution < -0.4 is 14.4 Å². The first-order chi connectivity index (χ1) is 12.2. The lowest BCUT2D eigenvalue weighted by molar-refractivity contribution is -0.167. The van der Waals surface area contributed by atoms with Gasteiger partial charge in [0.1, 0.15) is 12.4 Å². The SMILES string of the molecule is O=C(Nc1ccc(S(=O)(=O)N2CCOc3ccccc32)cc1)C(F)(F)F. The van der Waals surface area contributed by atoms with Crippen molar-refractivity contribution >= 4 is 27.3 Å². The molecule has 1 N–H and O–H groups in total. The van der Waals surface area contributed by atoms with Gasteiger partial charge in [-0.1, -0.05) is 12.1 Å². The fraction of sp³-hybridized carbons (Fsp3) is 0.188. The van der Waals surface area contributed by atoms with Gasteiger partial charge in [-0.15, -0.1) is 0 Å². The van der Waals surface area contributed by atoms with E-state index in [0.29, 0.717) is 11.4 Å². The predicted molar refractivity (Wildman–Crippen MR) is 87.6 cm³/mol. The van der Waals surface area contributed by atoms with E-state index in [1.54, 1.807) is 29.6 Å². The van der Waals surface area contributed by atoms with Gasteiger partial charge in [-0.05, 0) is 36.4 Å². The van der Waals surface area contributed by atoms with Gasteiger partial charge in [0.15, 0.2) is 0 Å². The maximum atomic E-state index is 12.8. The van der Waals surface area contributed by atoms with Crippen LogP contribution in [0.4, 0.5) is 24.5 Å². The number of sulfonamides is 1. The van der Waals surface area contributed by atoms with E-state index in [2.05, 4.69) is 0 Å².